The summed E-state index contributed by atoms with van der Waals surface area (Å²) in [5.41, 5.74) is 0.767. The van der Waals surface area contributed by atoms with Crippen molar-refractivity contribution in [2.45, 2.75) is 54.1 Å². The molecule has 2 fully saturated rings. The third-order valence-electron chi connectivity index (χ3n) is 4.18. The number of non-ortho nitro benzene ring substituents is 1. The molecule has 0 aromatic heterocycles. The van der Waals surface area contributed by atoms with E-state index in [4.69, 9.17) is 4.74 Å². The third kappa shape index (κ3) is 5.58. The zero-order valence-electron chi connectivity index (χ0n) is 17.6. The molecule has 0 N–H and O–H groups in total. The fourth-order valence-electron chi connectivity index (χ4n) is 3.15. The number of hydrogen-bond acceptors (Lipinski definition) is 5. The minimum atomic E-state index is -0.468. The Morgan fingerprint density at radius 1 is 1.04 bits per heavy atom. The van der Waals surface area contributed by atoms with E-state index in [0.29, 0.717) is 13.1 Å². The van der Waals surface area contributed by atoms with Crippen LogP contribution in [-0.2, 0) is 4.74 Å². The predicted octanol–water partition coefficient (Wildman–Crippen LogP) is 4.70. The van der Waals surface area contributed by atoms with Crippen LogP contribution in [0.3, 0.4) is 0 Å². The van der Waals surface area contributed by atoms with Gasteiger partial charge in [0.25, 0.3) is 5.69 Å². The SMILES string of the molecule is CC.CC.CC(C)(C)OC(=O)N1CC2(C1)CN(c1ccc([N+](=O)[O-])cc1)C2. The molecule has 2 heterocycles. The van der Waals surface area contributed by atoms with E-state index in [1.54, 1.807) is 17.0 Å². The van der Waals surface area contributed by atoms with Crippen LogP contribution < -0.4 is 4.90 Å². The average Bonchev–Trinajstić information content (AvgIpc) is 2.55. The number of anilines is 1. The summed E-state index contributed by atoms with van der Waals surface area (Å²) in [4.78, 5) is 26.1. The number of hydrogen-bond donors (Lipinski definition) is 0. The first-order valence-electron chi connectivity index (χ1n) is 9.65. The van der Waals surface area contributed by atoms with Crippen LogP contribution in [0.5, 0.6) is 0 Å². The zero-order chi connectivity index (χ0) is 20.8. The molecule has 2 aliphatic rings. The topological polar surface area (TPSA) is 75.9 Å². The molecule has 152 valence electrons. The number of rotatable bonds is 2. The molecule has 0 bridgehead atoms. The van der Waals surface area contributed by atoms with E-state index in [1.165, 1.54) is 12.1 Å². The Bertz CT molecular complexity index is 624. The highest BCUT2D eigenvalue weighted by atomic mass is 16.6. The molecule has 0 aliphatic carbocycles. The van der Waals surface area contributed by atoms with Crippen molar-refractivity contribution in [2.24, 2.45) is 5.41 Å². The molecule has 0 atom stereocenters. The predicted molar refractivity (Wildman–Crippen MR) is 108 cm³/mol. The van der Waals surface area contributed by atoms with Gasteiger partial charge in [-0.3, -0.25) is 10.1 Å². The molecule has 1 spiro atoms. The maximum Gasteiger partial charge on any atom is 0.410 e. The summed E-state index contributed by atoms with van der Waals surface area (Å²) >= 11 is 0. The van der Waals surface area contributed by atoms with E-state index >= 15 is 0 Å². The first-order valence-corrected chi connectivity index (χ1v) is 9.65. The minimum absolute atomic E-state index is 0.101. The molecule has 0 saturated carbocycles. The number of nitrogens with zero attached hydrogens (tertiary/aromatic N) is 3. The summed E-state index contributed by atoms with van der Waals surface area (Å²) in [6.45, 7) is 16.7. The van der Waals surface area contributed by atoms with Gasteiger partial charge in [-0.2, -0.15) is 0 Å². The molecule has 1 aromatic carbocycles. The number of amides is 1. The van der Waals surface area contributed by atoms with Crippen molar-refractivity contribution >= 4 is 17.5 Å². The molecule has 3 rings (SSSR count). The fourth-order valence-corrected chi connectivity index (χ4v) is 3.15. The van der Waals surface area contributed by atoms with Crippen LogP contribution in [0.25, 0.3) is 0 Å². The Kier molecular flexibility index (Phi) is 7.63. The highest BCUT2D eigenvalue weighted by Gasteiger charge is 2.54. The Balaban J connectivity index is 0.000000855. The van der Waals surface area contributed by atoms with Gasteiger partial charge >= 0.3 is 6.09 Å². The van der Waals surface area contributed by atoms with Crippen molar-refractivity contribution in [2.75, 3.05) is 31.1 Å². The first kappa shape index (κ1) is 22.7. The summed E-state index contributed by atoms with van der Waals surface area (Å²) in [6, 6.07) is 6.59. The van der Waals surface area contributed by atoms with Crippen LogP contribution in [-0.4, -0.2) is 47.7 Å². The lowest BCUT2D eigenvalue weighted by atomic mass is 9.73. The van der Waals surface area contributed by atoms with Gasteiger partial charge in [0.1, 0.15) is 5.60 Å². The van der Waals surface area contributed by atoms with E-state index in [2.05, 4.69) is 4.90 Å². The maximum absolute atomic E-state index is 11.9. The second-order valence-electron chi connectivity index (χ2n) is 7.47. The van der Waals surface area contributed by atoms with Gasteiger partial charge in [-0.1, -0.05) is 27.7 Å². The first-order chi connectivity index (χ1) is 12.7. The summed E-state index contributed by atoms with van der Waals surface area (Å²) in [7, 11) is 0. The van der Waals surface area contributed by atoms with Gasteiger partial charge in [0.05, 0.1) is 4.92 Å². The number of nitro groups is 1. The van der Waals surface area contributed by atoms with Gasteiger partial charge in [0, 0.05) is 49.4 Å². The Hall–Kier alpha value is -2.31. The monoisotopic (exact) mass is 379 g/mol. The second kappa shape index (κ2) is 9.06. The molecular weight excluding hydrogens is 346 g/mol. The third-order valence-corrected chi connectivity index (χ3v) is 4.18. The van der Waals surface area contributed by atoms with Crippen molar-refractivity contribution in [1.82, 2.24) is 4.90 Å². The lowest BCUT2D eigenvalue weighted by Gasteiger charge is -2.60. The smallest absolute Gasteiger partial charge is 0.410 e. The van der Waals surface area contributed by atoms with Crippen LogP contribution >= 0.6 is 0 Å². The van der Waals surface area contributed by atoms with E-state index in [9.17, 15) is 14.9 Å². The summed E-state index contributed by atoms with van der Waals surface area (Å²) in [6.07, 6.45) is -0.253. The number of nitro benzene ring substituents is 1. The number of likely N-dealkylation sites (tertiary alicyclic amines) is 1. The summed E-state index contributed by atoms with van der Waals surface area (Å²) < 4.78 is 5.36. The minimum Gasteiger partial charge on any atom is -0.444 e. The number of carbonyl (C=O) groups excluding carboxylic acids is 1. The van der Waals surface area contributed by atoms with E-state index in [1.807, 2.05) is 48.5 Å². The highest BCUT2D eigenvalue weighted by Crippen LogP contribution is 2.42. The molecule has 27 heavy (non-hydrogen) atoms. The maximum atomic E-state index is 11.9. The normalized spacial score (nSPS) is 16.7. The van der Waals surface area contributed by atoms with Gasteiger partial charge in [0.2, 0.25) is 0 Å². The van der Waals surface area contributed by atoms with Crippen molar-refractivity contribution in [1.29, 1.82) is 0 Å². The Labute approximate surface area is 162 Å². The molecule has 0 radical (unpaired) electrons. The summed E-state index contributed by atoms with van der Waals surface area (Å²) in [5.74, 6) is 0. The number of carbonyl (C=O) groups is 1. The van der Waals surface area contributed by atoms with E-state index in [0.717, 1.165) is 18.8 Å². The molecule has 1 aromatic rings. The molecule has 2 aliphatic heterocycles. The summed E-state index contributed by atoms with van der Waals surface area (Å²) in [5, 5.41) is 10.7. The van der Waals surface area contributed by atoms with Gasteiger partial charge in [-0.25, -0.2) is 4.79 Å². The quantitative estimate of drug-likeness (QED) is 0.550. The van der Waals surface area contributed by atoms with Gasteiger partial charge in [-0.15, -0.1) is 0 Å². The van der Waals surface area contributed by atoms with Crippen molar-refractivity contribution in [3.8, 4) is 0 Å². The zero-order valence-corrected chi connectivity index (χ0v) is 17.6. The van der Waals surface area contributed by atoms with E-state index < -0.39 is 10.5 Å². The van der Waals surface area contributed by atoms with Gasteiger partial charge in [0.15, 0.2) is 0 Å². The van der Waals surface area contributed by atoms with Crippen molar-refractivity contribution in [3.05, 3.63) is 34.4 Å². The average molecular weight is 380 g/mol. The van der Waals surface area contributed by atoms with Crippen LogP contribution in [0.2, 0.25) is 0 Å². The molecular formula is C20H33N3O4. The number of benzene rings is 1. The Morgan fingerprint density at radius 2 is 1.52 bits per heavy atom. The van der Waals surface area contributed by atoms with E-state index in [-0.39, 0.29) is 17.2 Å². The molecule has 2 saturated heterocycles. The van der Waals surface area contributed by atoms with Crippen molar-refractivity contribution < 1.29 is 14.5 Å². The van der Waals surface area contributed by atoms with Crippen LogP contribution in [0.1, 0.15) is 48.5 Å². The lowest BCUT2D eigenvalue weighted by Crippen LogP contribution is -2.73. The largest absolute Gasteiger partial charge is 0.444 e. The Morgan fingerprint density at radius 3 is 1.93 bits per heavy atom. The molecule has 1 amide bonds. The van der Waals surface area contributed by atoms with Gasteiger partial charge < -0.3 is 14.5 Å². The van der Waals surface area contributed by atoms with Crippen molar-refractivity contribution in [3.63, 3.8) is 0 Å². The lowest BCUT2D eigenvalue weighted by molar-refractivity contribution is -0.384. The van der Waals surface area contributed by atoms with Crippen LogP contribution in [0.15, 0.2) is 24.3 Å². The molecule has 0 unspecified atom stereocenters. The highest BCUT2D eigenvalue weighted by molar-refractivity contribution is 5.70. The van der Waals surface area contributed by atoms with Gasteiger partial charge in [-0.05, 0) is 32.9 Å². The fraction of sp³-hybridized carbons (Fsp3) is 0.650. The molecule has 7 heteroatoms. The number of ether oxygens (including phenoxy) is 1. The van der Waals surface area contributed by atoms with Crippen LogP contribution in [0, 0.1) is 15.5 Å². The second-order valence-corrected chi connectivity index (χ2v) is 7.47. The molecule has 7 nitrogen and oxygen atoms in total. The van der Waals surface area contributed by atoms with Crippen LogP contribution in [0.4, 0.5) is 16.2 Å². The standard InChI is InChI=1S/C16H21N3O4.2C2H6/c1-15(2,3)23-14(20)18-10-16(11-18)8-17(9-16)12-4-6-13(7-5-12)19(21)22;2*1-2/h4-7H,8-11H2,1-3H3;2*1-2H3.